The molecule has 0 aliphatic heterocycles. The van der Waals surface area contributed by atoms with Gasteiger partial charge in [0.05, 0.1) is 17.0 Å². The number of halogens is 1. The van der Waals surface area contributed by atoms with E-state index in [9.17, 15) is 8.42 Å². The van der Waals surface area contributed by atoms with Crippen LogP contribution in [0.2, 0.25) is 5.02 Å². The van der Waals surface area contributed by atoms with Crippen LogP contribution in [0.15, 0.2) is 41.3 Å². The topological polar surface area (TPSA) is 55.4 Å². The Hall–Kier alpha value is -1.72. The third-order valence-corrected chi connectivity index (χ3v) is 4.87. The average molecular weight is 326 g/mol. The highest BCUT2D eigenvalue weighted by Crippen LogP contribution is 2.28. The van der Waals surface area contributed by atoms with Crippen LogP contribution >= 0.6 is 11.6 Å². The summed E-state index contributed by atoms with van der Waals surface area (Å²) in [6.45, 7) is 3.90. The molecular formula is C15H16ClNO3S. The second-order valence-electron chi connectivity index (χ2n) is 4.70. The number of anilines is 1. The Morgan fingerprint density at radius 2 is 1.76 bits per heavy atom. The van der Waals surface area contributed by atoms with E-state index in [1.807, 2.05) is 19.9 Å². The second-order valence-corrected chi connectivity index (χ2v) is 6.79. The molecule has 2 aromatic carbocycles. The normalized spacial score (nSPS) is 11.2. The molecule has 0 aliphatic rings. The fraction of sp³-hybridized carbons (Fsp3) is 0.200. The molecule has 1 N–H and O–H groups in total. The minimum absolute atomic E-state index is 0.0894. The zero-order chi connectivity index (χ0) is 15.6. The molecule has 4 nitrogen and oxygen atoms in total. The molecule has 112 valence electrons. The van der Waals surface area contributed by atoms with Gasteiger partial charge in [0, 0.05) is 5.69 Å². The summed E-state index contributed by atoms with van der Waals surface area (Å²) in [7, 11) is -2.21. The number of nitrogens with one attached hydrogen (secondary N) is 1. The predicted octanol–water partition coefficient (Wildman–Crippen LogP) is 3.77. The van der Waals surface area contributed by atoms with E-state index >= 15 is 0 Å². The van der Waals surface area contributed by atoms with Crippen molar-refractivity contribution in [1.82, 2.24) is 0 Å². The van der Waals surface area contributed by atoms with Crippen molar-refractivity contribution >= 4 is 27.3 Å². The van der Waals surface area contributed by atoms with Crippen molar-refractivity contribution in [3.63, 3.8) is 0 Å². The van der Waals surface area contributed by atoms with E-state index in [1.165, 1.54) is 25.3 Å². The largest absolute Gasteiger partial charge is 0.495 e. The molecule has 21 heavy (non-hydrogen) atoms. The van der Waals surface area contributed by atoms with Crippen molar-refractivity contribution < 1.29 is 13.2 Å². The lowest BCUT2D eigenvalue weighted by Gasteiger charge is -2.11. The van der Waals surface area contributed by atoms with E-state index in [1.54, 1.807) is 12.1 Å². The summed E-state index contributed by atoms with van der Waals surface area (Å²) in [5.41, 5.74) is 2.64. The highest BCUT2D eigenvalue weighted by Gasteiger charge is 2.16. The van der Waals surface area contributed by atoms with E-state index in [2.05, 4.69) is 4.72 Å². The van der Waals surface area contributed by atoms with Crippen LogP contribution in [0.4, 0.5) is 5.69 Å². The quantitative estimate of drug-likeness (QED) is 0.931. The van der Waals surface area contributed by atoms with Crippen molar-refractivity contribution in [1.29, 1.82) is 0 Å². The van der Waals surface area contributed by atoms with Crippen LogP contribution < -0.4 is 9.46 Å². The summed E-state index contributed by atoms with van der Waals surface area (Å²) in [5.74, 6) is 0.432. The van der Waals surface area contributed by atoms with Crippen LogP contribution in [-0.2, 0) is 10.0 Å². The fourth-order valence-electron chi connectivity index (χ4n) is 1.83. The minimum Gasteiger partial charge on any atom is -0.495 e. The molecule has 0 spiro atoms. The Morgan fingerprint density at radius 1 is 1.05 bits per heavy atom. The first-order chi connectivity index (χ1) is 9.83. The first-order valence-corrected chi connectivity index (χ1v) is 8.13. The van der Waals surface area contributed by atoms with Gasteiger partial charge in [0.25, 0.3) is 10.0 Å². The maximum absolute atomic E-state index is 12.3. The van der Waals surface area contributed by atoms with Gasteiger partial charge in [0.2, 0.25) is 0 Å². The molecule has 2 aromatic rings. The number of hydrogen-bond acceptors (Lipinski definition) is 3. The van der Waals surface area contributed by atoms with Gasteiger partial charge in [0.1, 0.15) is 5.75 Å². The molecule has 0 unspecified atom stereocenters. The zero-order valence-electron chi connectivity index (χ0n) is 12.0. The van der Waals surface area contributed by atoms with Gasteiger partial charge in [0.15, 0.2) is 0 Å². The SMILES string of the molecule is COc1ccc(S(=O)(=O)Nc2ccc(C)c(C)c2)cc1Cl. The number of rotatable bonds is 4. The van der Waals surface area contributed by atoms with E-state index in [-0.39, 0.29) is 9.92 Å². The Bertz CT molecular complexity index is 772. The third-order valence-electron chi connectivity index (χ3n) is 3.19. The number of sulfonamides is 1. The molecule has 2 rings (SSSR count). The van der Waals surface area contributed by atoms with Gasteiger partial charge in [-0.15, -0.1) is 0 Å². The van der Waals surface area contributed by atoms with Crippen LogP contribution in [0.1, 0.15) is 11.1 Å². The molecule has 0 saturated carbocycles. The first kappa shape index (κ1) is 15.7. The smallest absolute Gasteiger partial charge is 0.261 e. The molecular weight excluding hydrogens is 310 g/mol. The van der Waals surface area contributed by atoms with Crippen molar-refractivity contribution in [3.8, 4) is 5.75 Å². The lowest BCUT2D eigenvalue weighted by atomic mass is 10.1. The van der Waals surface area contributed by atoms with Gasteiger partial charge >= 0.3 is 0 Å². The van der Waals surface area contributed by atoms with E-state index in [0.717, 1.165) is 11.1 Å². The summed E-state index contributed by atoms with van der Waals surface area (Å²) in [6.07, 6.45) is 0. The van der Waals surface area contributed by atoms with Crippen molar-refractivity contribution in [2.24, 2.45) is 0 Å². The number of benzene rings is 2. The lowest BCUT2D eigenvalue weighted by molar-refractivity contribution is 0.414. The number of aryl methyl sites for hydroxylation is 2. The summed E-state index contributed by atoms with van der Waals surface area (Å²) < 4.78 is 32.2. The predicted molar refractivity (Wildman–Crippen MR) is 84.7 cm³/mol. The summed E-state index contributed by atoms with van der Waals surface area (Å²) >= 11 is 5.97. The Kier molecular flexibility index (Phi) is 4.44. The van der Waals surface area contributed by atoms with Gasteiger partial charge in [-0.2, -0.15) is 0 Å². The molecule has 0 atom stereocenters. The average Bonchev–Trinajstić information content (AvgIpc) is 2.42. The Labute approximate surface area is 129 Å². The highest BCUT2D eigenvalue weighted by atomic mass is 35.5. The maximum Gasteiger partial charge on any atom is 0.261 e. The van der Waals surface area contributed by atoms with Gasteiger partial charge < -0.3 is 4.74 Å². The van der Waals surface area contributed by atoms with Crippen LogP contribution in [0.5, 0.6) is 5.75 Å². The lowest BCUT2D eigenvalue weighted by Crippen LogP contribution is -2.13. The molecule has 0 heterocycles. The molecule has 0 aromatic heterocycles. The zero-order valence-corrected chi connectivity index (χ0v) is 13.5. The molecule has 0 radical (unpaired) electrons. The van der Waals surface area contributed by atoms with Crippen LogP contribution in [0.3, 0.4) is 0 Å². The minimum atomic E-state index is -3.68. The maximum atomic E-state index is 12.3. The van der Waals surface area contributed by atoms with E-state index in [4.69, 9.17) is 16.3 Å². The van der Waals surface area contributed by atoms with Gasteiger partial charge in [-0.25, -0.2) is 8.42 Å². The highest BCUT2D eigenvalue weighted by molar-refractivity contribution is 7.92. The van der Waals surface area contributed by atoms with Crippen molar-refractivity contribution in [3.05, 3.63) is 52.5 Å². The molecule has 0 aliphatic carbocycles. The number of methoxy groups -OCH3 is 1. The number of hydrogen-bond donors (Lipinski definition) is 1. The van der Waals surface area contributed by atoms with Gasteiger partial charge in [-0.05, 0) is 55.3 Å². The fourth-order valence-corrected chi connectivity index (χ4v) is 3.23. The summed E-state index contributed by atoms with van der Waals surface area (Å²) in [6, 6.07) is 9.73. The number of ether oxygens (including phenoxy) is 1. The molecule has 0 fully saturated rings. The first-order valence-electron chi connectivity index (χ1n) is 6.27. The Balaban J connectivity index is 2.33. The monoisotopic (exact) mass is 325 g/mol. The summed E-state index contributed by atoms with van der Waals surface area (Å²) in [4.78, 5) is 0.0894. The van der Waals surface area contributed by atoms with Crippen molar-refractivity contribution in [2.45, 2.75) is 18.7 Å². The standard InChI is InChI=1S/C15H16ClNO3S/c1-10-4-5-12(8-11(10)2)17-21(18,19)13-6-7-15(20-3)14(16)9-13/h4-9,17H,1-3H3. The molecule has 0 saturated heterocycles. The van der Waals surface area contributed by atoms with Crippen LogP contribution in [0.25, 0.3) is 0 Å². The summed E-state index contributed by atoms with van der Waals surface area (Å²) in [5, 5.41) is 0.250. The second kappa shape index (κ2) is 5.95. The molecule has 0 bridgehead atoms. The molecule has 6 heteroatoms. The van der Waals surface area contributed by atoms with Crippen molar-refractivity contribution in [2.75, 3.05) is 11.8 Å². The van der Waals surface area contributed by atoms with E-state index < -0.39 is 10.0 Å². The van der Waals surface area contributed by atoms with Crippen LogP contribution in [-0.4, -0.2) is 15.5 Å². The third kappa shape index (κ3) is 3.49. The van der Waals surface area contributed by atoms with Gasteiger partial charge in [-0.3, -0.25) is 4.72 Å². The van der Waals surface area contributed by atoms with E-state index in [0.29, 0.717) is 11.4 Å². The Morgan fingerprint density at radius 3 is 2.33 bits per heavy atom. The van der Waals surface area contributed by atoms with Crippen LogP contribution in [0, 0.1) is 13.8 Å². The molecule has 0 amide bonds. The van der Waals surface area contributed by atoms with Gasteiger partial charge in [-0.1, -0.05) is 17.7 Å².